The Morgan fingerprint density at radius 1 is 1.29 bits per heavy atom. The molecule has 1 aromatic heterocycles. The van der Waals surface area contributed by atoms with Crippen LogP contribution in [0, 0.1) is 11.3 Å². The molecule has 0 aromatic carbocycles. The second kappa shape index (κ2) is 5.77. The third-order valence-electron chi connectivity index (χ3n) is 3.86. The van der Waals surface area contributed by atoms with E-state index in [2.05, 4.69) is 15.3 Å². The van der Waals surface area contributed by atoms with E-state index in [1.165, 1.54) is 0 Å². The molecule has 2 rings (SSSR count). The molecule has 0 radical (unpaired) electrons. The van der Waals surface area contributed by atoms with Gasteiger partial charge in [-0.05, 0) is 18.8 Å². The first kappa shape index (κ1) is 15.4. The number of nitrogens with one attached hydrogen (secondary N) is 1. The number of hydrogen-bond donors (Lipinski definition) is 3. The van der Waals surface area contributed by atoms with Crippen LogP contribution < -0.4 is 5.32 Å². The van der Waals surface area contributed by atoms with Crippen LogP contribution in [0.15, 0.2) is 12.4 Å². The molecule has 1 aromatic rings. The van der Waals surface area contributed by atoms with Crippen LogP contribution in [0.3, 0.4) is 0 Å². The molecule has 0 saturated heterocycles. The topological polar surface area (TPSA) is 112 Å². The van der Waals surface area contributed by atoms with E-state index >= 15 is 0 Å². The normalized spacial score (nSPS) is 17.3. The van der Waals surface area contributed by atoms with Crippen LogP contribution in [-0.4, -0.2) is 44.7 Å². The standard InChI is InChI=1S/C14H19N3O4/c1-8(2)11(18)14(3-4-14)7-17-12(19)9-5-16-10(6-15-9)13(20)21/h5-6,8,11,18H,3-4,7H2,1-2H3,(H,17,19)(H,20,21). The van der Waals surface area contributed by atoms with Crippen molar-refractivity contribution in [3.8, 4) is 0 Å². The van der Waals surface area contributed by atoms with Gasteiger partial charge in [0.15, 0.2) is 5.69 Å². The molecule has 114 valence electrons. The quantitative estimate of drug-likeness (QED) is 0.711. The van der Waals surface area contributed by atoms with Gasteiger partial charge in [0.2, 0.25) is 0 Å². The van der Waals surface area contributed by atoms with Crippen LogP contribution >= 0.6 is 0 Å². The maximum atomic E-state index is 12.0. The van der Waals surface area contributed by atoms with E-state index in [9.17, 15) is 14.7 Å². The van der Waals surface area contributed by atoms with Gasteiger partial charge in [-0.15, -0.1) is 0 Å². The minimum atomic E-state index is -1.19. The molecule has 7 heteroatoms. The lowest BCUT2D eigenvalue weighted by molar-refractivity contribution is 0.0489. The van der Waals surface area contributed by atoms with Gasteiger partial charge in [0.1, 0.15) is 5.69 Å². The van der Waals surface area contributed by atoms with Crippen molar-refractivity contribution in [1.82, 2.24) is 15.3 Å². The number of hydrogen-bond acceptors (Lipinski definition) is 5. The third-order valence-corrected chi connectivity index (χ3v) is 3.86. The molecule has 0 spiro atoms. The zero-order chi connectivity index (χ0) is 15.6. The Labute approximate surface area is 122 Å². The number of amides is 1. The highest BCUT2D eigenvalue weighted by molar-refractivity contribution is 5.92. The van der Waals surface area contributed by atoms with E-state index in [0.29, 0.717) is 6.54 Å². The van der Waals surface area contributed by atoms with Gasteiger partial charge in [0.05, 0.1) is 18.5 Å². The minimum absolute atomic E-state index is 0.0647. The van der Waals surface area contributed by atoms with E-state index in [-0.39, 0.29) is 22.7 Å². The summed E-state index contributed by atoms with van der Waals surface area (Å²) < 4.78 is 0. The molecule has 21 heavy (non-hydrogen) atoms. The smallest absolute Gasteiger partial charge is 0.356 e. The largest absolute Gasteiger partial charge is 0.476 e. The van der Waals surface area contributed by atoms with Crippen molar-refractivity contribution in [2.75, 3.05) is 6.54 Å². The molecule has 1 amide bonds. The number of carboxylic acid groups (broad SMARTS) is 1. The summed E-state index contributed by atoms with van der Waals surface area (Å²) in [6.45, 7) is 4.28. The molecular weight excluding hydrogens is 274 g/mol. The van der Waals surface area contributed by atoms with Gasteiger partial charge in [0.25, 0.3) is 5.91 Å². The van der Waals surface area contributed by atoms with Crippen LogP contribution in [0.5, 0.6) is 0 Å². The molecular formula is C14H19N3O4. The summed E-state index contributed by atoms with van der Waals surface area (Å²) >= 11 is 0. The fourth-order valence-electron chi connectivity index (χ4n) is 2.35. The Morgan fingerprint density at radius 3 is 2.29 bits per heavy atom. The van der Waals surface area contributed by atoms with Crippen LogP contribution in [0.2, 0.25) is 0 Å². The Hall–Kier alpha value is -2.02. The van der Waals surface area contributed by atoms with Crippen LogP contribution in [0.4, 0.5) is 0 Å². The SMILES string of the molecule is CC(C)C(O)C1(CNC(=O)c2cnc(C(=O)O)cn2)CC1. The van der Waals surface area contributed by atoms with Crippen molar-refractivity contribution in [2.45, 2.75) is 32.8 Å². The van der Waals surface area contributed by atoms with Gasteiger partial charge >= 0.3 is 5.97 Å². The summed E-state index contributed by atoms with van der Waals surface area (Å²) in [5.41, 5.74) is -0.381. The van der Waals surface area contributed by atoms with Crippen molar-refractivity contribution < 1.29 is 19.8 Å². The summed E-state index contributed by atoms with van der Waals surface area (Å²) in [7, 11) is 0. The van der Waals surface area contributed by atoms with Gasteiger partial charge in [-0.3, -0.25) is 4.79 Å². The third kappa shape index (κ3) is 3.36. The molecule has 1 atom stereocenters. The Bertz CT molecular complexity index is 538. The first-order valence-corrected chi connectivity index (χ1v) is 6.87. The van der Waals surface area contributed by atoms with Gasteiger partial charge in [0, 0.05) is 12.0 Å². The lowest BCUT2D eigenvalue weighted by Gasteiger charge is -2.25. The lowest BCUT2D eigenvalue weighted by Crippen LogP contribution is -2.39. The number of rotatable bonds is 6. The van der Waals surface area contributed by atoms with E-state index in [0.717, 1.165) is 25.2 Å². The monoisotopic (exact) mass is 293 g/mol. The molecule has 1 aliphatic rings. The summed E-state index contributed by atoms with van der Waals surface area (Å²) in [5.74, 6) is -1.47. The zero-order valence-electron chi connectivity index (χ0n) is 12.0. The predicted molar refractivity (Wildman–Crippen MR) is 73.8 cm³/mol. The number of aromatic nitrogens is 2. The molecule has 1 heterocycles. The number of carbonyl (C=O) groups is 2. The van der Waals surface area contributed by atoms with Gasteiger partial charge in [-0.1, -0.05) is 13.8 Å². The Kier molecular flexibility index (Phi) is 4.22. The highest BCUT2D eigenvalue weighted by Gasteiger charge is 2.49. The molecule has 7 nitrogen and oxygen atoms in total. The molecule has 1 fully saturated rings. The Morgan fingerprint density at radius 2 is 1.86 bits per heavy atom. The molecule has 3 N–H and O–H groups in total. The molecule has 0 bridgehead atoms. The second-order valence-electron chi connectivity index (χ2n) is 5.83. The average Bonchev–Trinajstić information content (AvgIpc) is 3.25. The maximum Gasteiger partial charge on any atom is 0.356 e. The van der Waals surface area contributed by atoms with Crippen molar-refractivity contribution in [3.05, 3.63) is 23.8 Å². The Balaban J connectivity index is 1.95. The number of nitrogens with zero attached hydrogens (tertiary/aromatic N) is 2. The number of aliphatic hydroxyl groups is 1. The number of aromatic carboxylic acids is 1. The molecule has 1 aliphatic carbocycles. The van der Waals surface area contributed by atoms with Gasteiger partial charge < -0.3 is 15.5 Å². The summed E-state index contributed by atoms with van der Waals surface area (Å²) in [4.78, 5) is 30.0. The lowest BCUT2D eigenvalue weighted by atomic mass is 9.90. The van der Waals surface area contributed by atoms with Crippen molar-refractivity contribution in [1.29, 1.82) is 0 Å². The number of aliphatic hydroxyl groups excluding tert-OH is 1. The highest BCUT2D eigenvalue weighted by atomic mass is 16.4. The number of carboxylic acids is 1. The number of carbonyl (C=O) groups excluding carboxylic acids is 1. The van der Waals surface area contributed by atoms with Crippen molar-refractivity contribution >= 4 is 11.9 Å². The van der Waals surface area contributed by atoms with E-state index in [1.807, 2.05) is 13.8 Å². The zero-order valence-corrected chi connectivity index (χ0v) is 12.0. The minimum Gasteiger partial charge on any atom is -0.476 e. The van der Waals surface area contributed by atoms with Gasteiger partial charge in [-0.25, -0.2) is 14.8 Å². The predicted octanol–water partition coefficient (Wildman–Crippen LogP) is 0.702. The van der Waals surface area contributed by atoms with Crippen LogP contribution in [0.1, 0.15) is 47.7 Å². The highest BCUT2D eigenvalue weighted by Crippen LogP contribution is 2.50. The first-order chi connectivity index (χ1) is 9.85. The summed E-state index contributed by atoms with van der Waals surface area (Å²) in [5, 5.41) is 21.6. The van der Waals surface area contributed by atoms with E-state index in [4.69, 9.17) is 5.11 Å². The van der Waals surface area contributed by atoms with E-state index in [1.54, 1.807) is 0 Å². The molecule has 0 aliphatic heterocycles. The van der Waals surface area contributed by atoms with Crippen LogP contribution in [-0.2, 0) is 0 Å². The summed E-state index contributed by atoms with van der Waals surface area (Å²) in [6, 6.07) is 0. The maximum absolute atomic E-state index is 12.0. The van der Waals surface area contributed by atoms with Gasteiger partial charge in [-0.2, -0.15) is 0 Å². The van der Waals surface area contributed by atoms with Crippen molar-refractivity contribution in [2.24, 2.45) is 11.3 Å². The fourth-order valence-corrected chi connectivity index (χ4v) is 2.35. The molecule has 1 saturated carbocycles. The van der Waals surface area contributed by atoms with Crippen molar-refractivity contribution in [3.63, 3.8) is 0 Å². The van der Waals surface area contributed by atoms with Crippen LogP contribution in [0.25, 0.3) is 0 Å². The molecule has 1 unspecified atom stereocenters. The fraction of sp³-hybridized carbons (Fsp3) is 0.571. The average molecular weight is 293 g/mol. The van der Waals surface area contributed by atoms with E-state index < -0.39 is 18.0 Å². The summed E-state index contributed by atoms with van der Waals surface area (Å²) in [6.07, 6.45) is 3.51. The first-order valence-electron chi connectivity index (χ1n) is 6.87. The second-order valence-corrected chi connectivity index (χ2v) is 5.83.